The maximum absolute atomic E-state index is 6.18. The van der Waals surface area contributed by atoms with E-state index in [0.29, 0.717) is 33.4 Å². The number of nitrogens with zero attached hydrogens (tertiary/aromatic N) is 4. The highest BCUT2D eigenvalue weighted by molar-refractivity contribution is 6.32. The summed E-state index contributed by atoms with van der Waals surface area (Å²) in [4.78, 5) is 13.0. The first-order valence-corrected chi connectivity index (χ1v) is 8.54. The summed E-state index contributed by atoms with van der Waals surface area (Å²) in [5.41, 5.74) is 1.88. The zero-order valence-corrected chi connectivity index (χ0v) is 14.9. The second-order valence-electron chi connectivity index (χ2n) is 5.58. The standard InChI is InChI=1S/C16H15Cl2N5O2/c1-24-13-9(17)4-2-5-10(13)20-14-12-15(22-16(18)21-14)23(8-19-12)11-6-3-7-25-11/h2,4-5,8,11H,3,6-7H2,1H3,(H,20,21,22). The maximum atomic E-state index is 6.18. The Balaban J connectivity index is 1.79. The van der Waals surface area contributed by atoms with E-state index in [1.54, 1.807) is 19.5 Å². The lowest BCUT2D eigenvalue weighted by Crippen LogP contribution is -2.07. The first kappa shape index (κ1) is 16.4. The van der Waals surface area contributed by atoms with Gasteiger partial charge in [-0.3, -0.25) is 4.57 Å². The number of methoxy groups -OCH3 is 1. The summed E-state index contributed by atoms with van der Waals surface area (Å²) < 4.78 is 13.0. The van der Waals surface area contributed by atoms with Crippen molar-refractivity contribution in [2.45, 2.75) is 19.1 Å². The van der Waals surface area contributed by atoms with E-state index in [0.717, 1.165) is 19.4 Å². The van der Waals surface area contributed by atoms with Crippen LogP contribution < -0.4 is 10.1 Å². The molecule has 1 aliphatic rings. The molecule has 3 aromatic rings. The molecule has 0 saturated carbocycles. The average molecular weight is 380 g/mol. The molecule has 7 nitrogen and oxygen atoms in total. The molecule has 9 heteroatoms. The molecule has 1 aromatic carbocycles. The van der Waals surface area contributed by atoms with Gasteiger partial charge in [0.25, 0.3) is 0 Å². The monoisotopic (exact) mass is 379 g/mol. The lowest BCUT2D eigenvalue weighted by molar-refractivity contribution is 0.0593. The van der Waals surface area contributed by atoms with Gasteiger partial charge in [0.1, 0.15) is 6.23 Å². The summed E-state index contributed by atoms with van der Waals surface area (Å²) in [5.74, 6) is 0.998. The van der Waals surface area contributed by atoms with E-state index < -0.39 is 0 Å². The third-order valence-electron chi connectivity index (χ3n) is 4.03. The largest absolute Gasteiger partial charge is 0.493 e. The number of ether oxygens (including phenoxy) is 2. The lowest BCUT2D eigenvalue weighted by atomic mass is 10.3. The summed E-state index contributed by atoms with van der Waals surface area (Å²) in [7, 11) is 1.56. The molecule has 0 bridgehead atoms. The third-order valence-corrected chi connectivity index (χ3v) is 4.50. The average Bonchev–Trinajstić information content (AvgIpc) is 3.24. The molecule has 3 heterocycles. The van der Waals surface area contributed by atoms with Gasteiger partial charge < -0.3 is 14.8 Å². The smallest absolute Gasteiger partial charge is 0.226 e. The van der Waals surface area contributed by atoms with Crippen molar-refractivity contribution < 1.29 is 9.47 Å². The van der Waals surface area contributed by atoms with E-state index in [1.165, 1.54) is 0 Å². The minimum absolute atomic E-state index is 0.0791. The normalized spacial score (nSPS) is 17.2. The Hall–Kier alpha value is -2.09. The SMILES string of the molecule is COc1c(Cl)cccc1Nc1nc(Cl)nc2c1ncn2C1CCCO1. The second-order valence-corrected chi connectivity index (χ2v) is 6.32. The van der Waals surface area contributed by atoms with Crippen LogP contribution in [0, 0.1) is 0 Å². The van der Waals surface area contributed by atoms with Gasteiger partial charge in [0.2, 0.25) is 5.28 Å². The number of para-hydroxylation sites is 1. The van der Waals surface area contributed by atoms with Gasteiger partial charge in [-0.05, 0) is 36.6 Å². The molecule has 1 saturated heterocycles. The predicted octanol–water partition coefficient (Wildman–Crippen LogP) is 4.19. The van der Waals surface area contributed by atoms with Crippen LogP contribution in [0.25, 0.3) is 11.2 Å². The van der Waals surface area contributed by atoms with Gasteiger partial charge in [-0.15, -0.1) is 0 Å². The molecule has 1 N–H and O–H groups in total. The van der Waals surface area contributed by atoms with Crippen LogP contribution in [0.15, 0.2) is 24.5 Å². The number of halogens is 2. The zero-order valence-electron chi connectivity index (χ0n) is 13.4. The Labute approximate surface area is 153 Å². The van der Waals surface area contributed by atoms with Gasteiger partial charge in [-0.25, -0.2) is 4.98 Å². The number of hydrogen-bond donors (Lipinski definition) is 1. The minimum Gasteiger partial charge on any atom is -0.493 e. The van der Waals surface area contributed by atoms with Gasteiger partial charge in [0.05, 0.1) is 24.1 Å². The number of hydrogen-bond acceptors (Lipinski definition) is 6. The van der Waals surface area contributed by atoms with E-state index in [2.05, 4.69) is 20.3 Å². The molecule has 1 atom stereocenters. The fourth-order valence-corrected chi connectivity index (χ4v) is 3.33. The molecule has 1 unspecified atom stereocenters. The summed E-state index contributed by atoms with van der Waals surface area (Å²) in [6.45, 7) is 0.730. The molecule has 130 valence electrons. The van der Waals surface area contributed by atoms with Crippen LogP contribution in [-0.2, 0) is 4.74 Å². The molecular formula is C16H15Cl2N5O2. The van der Waals surface area contributed by atoms with Crippen LogP contribution >= 0.6 is 23.2 Å². The third kappa shape index (κ3) is 2.99. The molecule has 4 rings (SSSR count). The fourth-order valence-electron chi connectivity index (χ4n) is 2.91. The van der Waals surface area contributed by atoms with E-state index in [4.69, 9.17) is 32.7 Å². The lowest BCUT2D eigenvalue weighted by Gasteiger charge is -2.13. The molecular weight excluding hydrogens is 365 g/mol. The van der Waals surface area contributed by atoms with Crippen molar-refractivity contribution >= 4 is 45.9 Å². The van der Waals surface area contributed by atoms with Gasteiger partial charge in [0.15, 0.2) is 22.7 Å². The molecule has 1 aliphatic heterocycles. The van der Waals surface area contributed by atoms with Gasteiger partial charge >= 0.3 is 0 Å². The number of anilines is 2. The van der Waals surface area contributed by atoms with Crippen molar-refractivity contribution in [1.29, 1.82) is 0 Å². The summed E-state index contributed by atoms with van der Waals surface area (Å²) in [5, 5.41) is 3.81. The van der Waals surface area contributed by atoms with Crippen LogP contribution in [0.4, 0.5) is 11.5 Å². The molecule has 1 fully saturated rings. The first-order valence-electron chi connectivity index (χ1n) is 7.78. The van der Waals surface area contributed by atoms with Crippen molar-refractivity contribution in [2.24, 2.45) is 0 Å². The Morgan fingerprint density at radius 2 is 2.20 bits per heavy atom. The summed E-state index contributed by atoms with van der Waals surface area (Å²) in [6.07, 6.45) is 3.54. The van der Waals surface area contributed by atoms with Crippen molar-refractivity contribution in [1.82, 2.24) is 19.5 Å². The Bertz CT molecular complexity index is 924. The van der Waals surface area contributed by atoms with Crippen molar-refractivity contribution in [3.05, 3.63) is 34.8 Å². The topological polar surface area (TPSA) is 74.1 Å². The van der Waals surface area contributed by atoms with E-state index in [9.17, 15) is 0 Å². The number of nitrogens with one attached hydrogen (secondary N) is 1. The van der Waals surface area contributed by atoms with Crippen molar-refractivity contribution in [3.63, 3.8) is 0 Å². The maximum Gasteiger partial charge on any atom is 0.226 e. The summed E-state index contributed by atoms with van der Waals surface area (Å²) >= 11 is 12.3. The van der Waals surface area contributed by atoms with Crippen LogP contribution in [-0.4, -0.2) is 33.2 Å². The van der Waals surface area contributed by atoms with Crippen LogP contribution in [0.3, 0.4) is 0 Å². The highest BCUT2D eigenvalue weighted by Gasteiger charge is 2.22. The van der Waals surface area contributed by atoms with E-state index >= 15 is 0 Å². The van der Waals surface area contributed by atoms with Crippen LogP contribution in [0.5, 0.6) is 5.75 Å². The number of rotatable bonds is 4. The van der Waals surface area contributed by atoms with Gasteiger partial charge in [0, 0.05) is 6.61 Å². The molecule has 0 spiro atoms. The predicted molar refractivity (Wildman–Crippen MR) is 95.8 cm³/mol. The molecule has 25 heavy (non-hydrogen) atoms. The minimum atomic E-state index is -0.0791. The van der Waals surface area contributed by atoms with E-state index in [-0.39, 0.29) is 11.5 Å². The Morgan fingerprint density at radius 1 is 1.32 bits per heavy atom. The Morgan fingerprint density at radius 3 is 2.96 bits per heavy atom. The molecule has 0 amide bonds. The van der Waals surface area contributed by atoms with Gasteiger partial charge in [-0.2, -0.15) is 9.97 Å². The number of imidazole rings is 1. The molecule has 0 radical (unpaired) electrons. The highest BCUT2D eigenvalue weighted by atomic mass is 35.5. The van der Waals surface area contributed by atoms with E-state index in [1.807, 2.05) is 16.7 Å². The Kier molecular flexibility index (Phi) is 4.37. The van der Waals surface area contributed by atoms with Gasteiger partial charge in [-0.1, -0.05) is 17.7 Å². The highest BCUT2D eigenvalue weighted by Crippen LogP contribution is 2.36. The number of fused-ring (bicyclic) bond motifs is 1. The number of benzene rings is 1. The van der Waals surface area contributed by atoms with Crippen molar-refractivity contribution in [3.8, 4) is 5.75 Å². The van der Waals surface area contributed by atoms with Crippen LogP contribution in [0.1, 0.15) is 19.1 Å². The first-order chi connectivity index (χ1) is 12.2. The molecule has 0 aliphatic carbocycles. The number of aromatic nitrogens is 4. The quantitative estimate of drug-likeness (QED) is 0.684. The fraction of sp³-hybridized carbons (Fsp3) is 0.312. The summed E-state index contributed by atoms with van der Waals surface area (Å²) in [6, 6.07) is 5.40. The van der Waals surface area contributed by atoms with Crippen molar-refractivity contribution in [2.75, 3.05) is 19.0 Å². The second kappa shape index (κ2) is 6.67. The molecule has 2 aromatic heterocycles. The zero-order chi connectivity index (χ0) is 17.4. The van der Waals surface area contributed by atoms with Crippen LogP contribution in [0.2, 0.25) is 10.3 Å².